The van der Waals surface area contributed by atoms with E-state index in [1.807, 2.05) is 19.1 Å². The molecule has 1 N–H and O–H groups in total. The first-order valence-electron chi connectivity index (χ1n) is 8.52. The number of benzene rings is 2. The van der Waals surface area contributed by atoms with Crippen molar-refractivity contribution in [2.24, 2.45) is 0 Å². The van der Waals surface area contributed by atoms with Crippen LogP contribution < -0.4 is 11.2 Å². The average molecular weight is 352 g/mol. The van der Waals surface area contributed by atoms with Crippen LogP contribution in [0.4, 0.5) is 0 Å². The maximum atomic E-state index is 12.8. The van der Waals surface area contributed by atoms with E-state index in [1.54, 1.807) is 36.4 Å². The van der Waals surface area contributed by atoms with Crippen LogP contribution in [-0.2, 0) is 13.1 Å². The van der Waals surface area contributed by atoms with E-state index in [4.69, 9.17) is 0 Å². The zero-order valence-corrected chi connectivity index (χ0v) is 14.5. The van der Waals surface area contributed by atoms with Gasteiger partial charge in [0, 0.05) is 12.0 Å². The maximum absolute atomic E-state index is 12.8. The second-order valence-electron chi connectivity index (χ2n) is 6.04. The van der Waals surface area contributed by atoms with Crippen LogP contribution in [0.1, 0.15) is 29.3 Å². The molecule has 26 heavy (non-hydrogen) atoms. The Morgan fingerprint density at radius 1 is 1.00 bits per heavy atom. The molecule has 0 aliphatic rings. The lowest BCUT2D eigenvalue weighted by atomic mass is 10.1. The Balaban J connectivity index is 2.11. The number of carbonyl (C=O) groups is 1. The molecule has 0 radical (unpaired) electrons. The highest BCUT2D eigenvalue weighted by molar-refractivity contribution is 5.95. The van der Waals surface area contributed by atoms with E-state index >= 15 is 0 Å². The van der Waals surface area contributed by atoms with Gasteiger partial charge in [0.15, 0.2) is 5.78 Å². The van der Waals surface area contributed by atoms with Gasteiger partial charge in [-0.3, -0.25) is 18.7 Å². The molecule has 134 valence electrons. The molecule has 0 aliphatic heterocycles. The number of fused-ring (bicyclic) bond motifs is 1. The number of carbonyl (C=O) groups excluding carboxylic acids is 1. The summed E-state index contributed by atoms with van der Waals surface area (Å²) in [5, 5.41) is 9.62. The van der Waals surface area contributed by atoms with E-state index in [0.717, 1.165) is 10.1 Å². The summed E-state index contributed by atoms with van der Waals surface area (Å²) in [6.07, 6.45) is 0.440. The van der Waals surface area contributed by atoms with Crippen LogP contribution in [0, 0.1) is 0 Å². The third-order valence-electron chi connectivity index (χ3n) is 4.39. The predicted octanol–water partition coefficient (Wildman–Crippen LogP) is 1.80. The second kappa shape index (κ2) is 7.49. The summed E-state index contributed by atoms with van der Waals surface area (Å²) >= 11 is 0. The fraction of sp³-hybridized carbons (Fsp3) is 0.250. The summed E-state index contributed by atoms with van der Waals surface area (Å²) in [6.45, 7) is 1.74. The quantitative estimate of drug-likeness (QED) is 0.686. The molecule has 3 aromatic rings. The molecule has 0 amide bonds. The van der Waals surface area contributed by atoms with Gasteiger partial charge < -0.3 is 5.11 Å². The maximum Gasteiger partial charge on any atom is 0.331 e. The van der Waals surface area contributed by atoms with Crippen molar-refractivity contribution in [1.29, 1.82) is 0 Å². The normalized spacial score (nSPS) is 11.0. The molecule has 0 unspecified atom stereocenters. The van der Waals surface area contributed by atoms with E-state index < -0.39 is 11.2 Å². The molecular formula is C20H20N2O4. The Hall–Kier alpha value is -2.99. The highest BCUT2D eigenvalue weighted by Gasteiger charge is 2.13. The predicted molar refractivity (Wildman–Crippen MR) is 99.7 cm³/mol. The molecule has 1 aromatic heterocycles. The SMILES string of the molecule is CCC(=O)c1ccc(Cn2c(=O)n(CCO)c(=O)c3ccccc32)cc1. The van der Waals surface area contributed by atoms with Crippen molar-refractivity contribution in [2.45, 2.75) is 26.4 Å². The number of aromatic nitrogens is 2. The van der Waals surface area contributed by atoms with Crippen LogP contribution in [0.15, 0.2) is 58.1 Å². The van der Waals surface area contributed by atoms with Crippen molar-refractivity contribution in [1.82, 2.24) is 9.13 Å². The Morgan fingerprint density at radius 3 is 2.35 bits per heavy atom. The molecule has 2 aromatic carbocycles. The van der Waals surface area contributed by atoms with Gasteiger partial charge in [0.05, 0.1) is 30.6 Å². The van der Waals surface area contributed by atoms with E-state index in [9.17, 15) is 19.5 Å². The molecule has 0 saturated heterocycles. The van der Waals surface area contributed by atoms with Crippen LogP contribution in [0.3, 0.4) is 0 Å². The minimum Gasteiger partial charge on any atom is -0.395 e. The molecular weight excluding hydrogens is 332 g/mol. The number of aliphatic hydroxyl groups excluding tert-OH is 1. The van der Waals surface area contributed by atoms with Gasteiger partial charge in [-0.25, -0.2) is 4.79 Å². The smallest absolute Gasteiger partial charge is 0.331 e. The Morgan fingerprint density at radius 2 is 1.69 bits per heavy atom. The molecule has 0 aliphatic carbocycles. The van der Waals surface area contributed by atoms with E-state index in [-0.39, 0.29) is 25.5 Å². The standard InChI is InChI=1S/C20H20N2O4/c1-2-18(24)15-9-7-14(8-10-15)13-22-17-6-4-3-5-16(17)19(25)21(11-12-23)20(22)26/h3-10,23H,2,11-13H2,1H3. The third kappa shape index (κ3) is 3.23. The molecule has 3 rings (SSSR count). The second-order valence-corrected chi connectivity index (χ2v) is 6.04. The summed E-state index contributed by atoms with van der Waals surface area (Å²) in [4.78, 5) is 37.0. The molecule has 1 heterocycles. The fourth-order valence-electron chi connectivity index (χ4n) is 3.00. The van der Waals surface area contributed by atoms with Crippen molar-refractivity contribution in [2.75, 3.05) is 6.61 Å². The monoisotopic (exact) mass is 352 g/mol. The van der Waals surface area contributed by atoms with Gasteiger partial charge in [-0.1, -0.05) is 43.3 Å². The molecule has 0 saturated carbocycles. The summed E-state index contributed by atoms with van der Waals surface area (Å²) in [5.41, 5.74) is 1.17. The summed E-state index contributed by atoms with van der Waals surface area (Å²) in [6, 6.07) is 14.0. The minimum absolute atomic E-state index is 0.0492. The number of Topliss-reactive ketones (excluding diaryl/α,β-unsaturated/α-hetero) is 1. The summed E-state index contributed by atoms with van der Waals surface area (Å²) in [5.74, 6) is 0.0654. The van der Waals surface area contributed by atoms with Crippen molar-refractivity contribution < 1.29 is 9.90 Å². The molecule has 0 fully saturated rings. The number of hydrogen-bond acceptors (Lipinski definition) is 4. The zero-order valence-electron chi connectivity index (χ0n) is 14.5. The number of nitrogens with zero attached hydrogens (tertiary/aromatic N) is 2. The van der Waals surface area contributed by atoms with E-state index in [0.29, 0.717) is 22.9 Å². The fourth-order valence-corrected chi connectivity index (χ4v) is 3.00. The van der Waals surface area contributed by atoms with Crippen molar-refractivity contribution in [3.05, 3.63) is 80.5 Å². The lowest BCUT2D eigenvalue weighted by molar-refractivity contribution is 0.0988. The first-order valence-corrected chi connectivity index (χ1v) is 8.52. The van der Waals surface area contributed by atoms with Crippen molar-refractivity contribution >= 4 is 16.7 Å². The zero-order chi connectivity index (χ0) is 18.7. The molecule has 6 nitrogen and oxygen atoms in total. The number of hydrogen-bond donors (Lipinski definition) is 1. The number of para-hydroxylation sites is 1. The Kier molecular flexibility index (Phi) is 5.14. The molecule has 6 heteroatoms. The van der Waals surface area contributed by atoms with Crippen LogP contribution >= 0.6 is 0 Å². The summed E-state index contributed by atoms with van der Waals surface area (Å²) < 4.78 is 2.57. The first-order chi connectivity index (χ1) is 12.6. The largest absolute Gasteiger partial charge is 0.395 e. The van der Waals surface area contributed by atoms with E-state index in [1.165, 1.54) is 4.57 Å². The molecule has 0 spiro atoms. The first kappa shape index (κ1) is 17.8. The summed E-state index contributed by atoms with van der Waals surface area (Å²) in [7, 11) is 0. The highest BCUT2D eigenvalue weighted by atomic mass is 16.3. The number of rotatable bonds is 6. The third-order valence-corrected chi connectivity index (χ3v) is 4.39. The van der Waals surface area contributed by atoms with Gasteiger partial charge >= 0.3 is 5.69 Å². The Bertz CT molecular complexity index is 1060. The Labute approximate surface area is 149 Å². The van der Waals surface area contributed by atoms with Crippen LogP contribution in [0.5, 0.6) is 0 Å². The van der Waals surface area contributed by atoms with E-state index in [2.05, 4.69) is 0 Å². The van der Waals surface area contributed by atoms with Crippen LogP contribution in [0.2, 0.25) is 0 Å². The minimum atomic E-state index is -0.462. The van der Waals surface area contributed by atoms with Gasteiger partial charge in [0.1, 0.15) is 0 Å². The topological polar surface area (TPSA) is 81.3 Å². The lowest BCUT2D eigenvalue weighted by Crippen LogP contribution is -2.41. The van der Waals surface area contributed by atoms with Gasteiger partial charge in [0.2, 0.25) is 0 Å². The number of aliphatic hydroxyl groups is 1. The van der Waals surface area contributed by atoms with Gasteiger partial charge in [-0.2, -0.15) is 0 Å². The molecule has 0 atom stereocenters. The molecule has 0 bridgehead atoms. The highest BCUT2D eigenvalue weighted by Crippen LogP contribution is 2.12. The number of ketones is 1. The van der Waals surface area contributed by atoms with Crippen LogP contribution in [-0.4, -0.2) is 26.6 Å². The van der Waals surface area contributed by atoms with Gasteiger partial charge in [-0.05, 0) is 17.7 Å². The van der Waals surface area contributed by atoms with Crippen LogP contribution in [0.25, 0.3) is 10.9 Å². The lowest BCUT2D eigenvalue weighted by Gasteiger charge is -2.14. The average Bonchev–Trinajstić information content (AvgIpc) is 2.68. The van der Waals surface area contributed by atoms with Crippen molar-refractivity contribution in [3.63, 3.8) is 0 Å². The van der Waals surface area contributed by atoms with Gasteiger partial charge in [-0.15, -0.1) is 0 Å². The van der Waals surface area contributed by atoms with Crippen molar-refractivity contribution in [3.8, 4) is 0 Å². The van der Waals surface area contributed by atoms with Gasteiger partial charge in [0.25, 0.3) is 5.56 Å².